The first kappa shape index (κ1) is 13.4. The minimum atomic E-state index is -0.000591. The molecular weight excluding hydrogens is 264 g/mol. The first-order valence-electron chi connectivity index (χ1n) is 6.08. The van der Waals surface area contributed by atoms with E-state index in [1.165, 1.54) is 4.88 Å². The van der Waals surface area contributed by atoms with E-state index in [4.69, 9.17) is 16.3 Å². The first-order valence-corrected chi connectivity index (χ1v) is 7.40. The SMILES string of the molecule is CC(C)Oc1cccc(C(Cl)Cc2cccs2)c1. The number of benzene rings is 1. The highest BCUT2D eigenvalue weighted by Crippen LogP contribution is 2.29. The van der Waals surface area contributed by atoms with Crippen LogP contribution in [0.25, 0.3) is 0 Å². The zero-order valence-electron chi connectivity index (χ0n) is 10.6. The Bertz CT molecular complexity index is 479. The van der Waals surface area contributed by atoms with E-state index in [0.717, 1.165) is 17.7 Å². The van der Waals surface area contributed by atoms with E-state index in [2.05, 4.69) is 23.6 Å². The van der Waals surface area contributed by atoms with Crippen molar-refractivity contribution >= 4 is 22.9 Å². The van der Waals surface area contributed by atoms with Crippen molar-refractivity contribution in [1.29, 1.82) is 0 Å². The van der Waals surface area contributed by atoms with Gasteiger partial charge in [0, 0.05) is 11.3 Å². The van der Waals surface area contributed by atoms with Crippen LogP contribution in [0.15, 0.2) is 41.8 Å². The van der Waals surface area contributed by atoms with Crippen molar-refractivity contribution in [2.75, 3.05) is 0 Å². The fraction of sp³-hybridized carbons (Fsp3) is 0.333. The highest BCUT2D eigenvalue weighted by molar-refractivity contribution is 7.09. The van der Waals surface area contributed by atoms with Crippen molar-refractivity contribution in [3.8, 4) is 5.75 Å². The third kappa shape index (κ3) is 3.76. The van der Waals surface area contributed by atoms with Crippen LogP contribution in [0.4, 0.5) is 0 Å². The van der Waals surface area contributed by atoms with E-state index in [1.807, 2.05) is 32.0 Å². The van der Waals surface area contributed by atoms with E-state index in [-0.39, 0.29) is 11.5 Å². The summed E-state index contributed by atoms with van der Waals surface area (Å²) in [6.45, 7) is 4.05. The van der Waals surface area contributed by atoms with Gasteiger partial charge in [-0.1, -0.05) is 18.2 Å². The number of halogens is 1. The maximum atomic E-state index is 6.46. The molecule has 1 unspecified atom stereocenters. The van der Waals surface area contributed by atoms with E-state index in [1.54, 1.807) is 11.3 Å². The Morgan fingerprint density at radius 2 is 2.06 bits per heavy atom. The molecule has 1 heterocycles. The van der Waals surface area contributed by atoms with Crippen molar-refractivity contribution in [2.45, 2.75) is 31.7 Å². The molecule has 0 aliphatic heterocycles. The van der Waals surface area contributed by atoms with Crippen molar-refractivity contribution in [1.82, 2.24) is 0 Å². The van der Waals surface area contributed by atoms with E-state index >= 15 is 0 Å². The quantitative estimate of drug-likeness (QED) is 0.696. The molecule has 0 aliphatic rings. The van der Waals surface area contributed by atoms with E-state index < -0.39 is 0 Å². The summed E-state index contributed by atoms with van der Waals surface area (Å²) in [6, 6.07) is 12.2. The minimum absolute atomic E-state index is 0.000591. The number of rotatable bonds is 5. The zero-order chi connectivity index (χ0) is 13.0. The monoisotopic (exact) mass is 280 g/mol. The molecule has 2 aromatic rings. The lowest BCUT2D eigenvalue weighted by Crippen LogP contribution is -2.06. The molecule has 1 aromatic heterocycles. The Kier molecular flexibility index (Phi) is 4.67. The normalized spacial score (nSPS) is 12.7. The third-order valence-corrected chi connectivity index (χ3v) is 3.86. The van der Waals surface area contributed by atoms with Crippen LogP contribution in [0.3, 0.4) is 0 Å². The van der Waals surface area contributed by atoms with Crippen LogP contribution in [-0.4, -0.2) is 6.10 Å². The molecule has 1 nitrogen and oxygen atoms in total. The molecule has 0 spiro atoms. The van der Waals surface area contributed by atoms with Gasteiger partial charge >= 0.3 is 0 Å². The topological polar surface area (TPSA) is 9.23 Å². The zero-order valence-corrected chi connectivity index (χ0v) is 12.2. The number of alkyl halides is 1. The van der Waals surface area contributed by atoms with Gasteiger partial charge in [0.1, 0.15) is 5.75 Å². The molecule has 18 heavy (non-hydrogen) atoms. The maximum Gasteiger partial charge on any atom is 0.120 e. The lowest BCUT2D eigenvalue weighted by atomic mass is 10.1. The van der Waals surface area contributed by atoms with Crippen LogP contribution in [0, 0.1) is 0 Å². The molecule has 0 saturated carbocycles. The highest BCUT2D eigenvalue weighted by Gasteiger charge is 2.10. The lowest BCUT2D eigenvalue weighted by Gasteiger charge is -2.13. The second-order valence-corrected chi connectivity index (χ2v) is 6.05. The number of ether oxygens (including phenoxy) is 1. The Balaban J connectivity index is 2.07. The minimum Gasteiger partial charge on any atom is -0.491 e. The predicted molar refractivity (Wildman–Crippen MR) is 78.8 cm³/mol. The summed E-state index contributed by atoms with van der Waals surface area (Å²) in [7, 11) is 0. The highest BCUT2D eigenvalue weighted by atomic mass is 35.5. The van der Waals surface area contributed by atoms with Gasteiger partial charge in [0.15, 0.2) is 0 Å². The van der Waals surface area contributed by atoms with Gasteiger partial charge in [0.25, 0.3) is 0 Å². The van der Waals surface area contributed by atoms with E-state index in [9.17, 15) is 0 Å². The molecular formula is C15H17ClOS. The van der Waals surface area contributed by atoms with Crippen molar-refractivity contribution in [3.05, 3.63) is 52.2 Å². The number of thiophene rings is 1. The van der Waals surface area contributed by atoms with Gasteiger partial charge < -0.3 is 4.74 Å². The van der Waals surface area contributed by atoms with Crippen molar-refractivity contribution < 1.29 is 4.74 Å². The van der Waals surface area contributed by atoms with Gasteiger partial charge in [-0.25, -0.2) is 0 Å². The fourth-order valence-electron chi connectivity index (χ4n) is 1.78. The fourth-order valence-corrected chi connectivity index (χ4v) is 2.92. The van der Waals surface area contributed by atoms with Crippen LogP contribution in [0.1, 0.15) is 29.7 Å². The summed E-state index contributed by atoms with van der Waals surface area (Å²) < 4.78 is 5.68. The molecule has 1 aromatic carbocycles. The lowest BCUT2D eigenvalue weighted by molar-refractivity contribution is 0.242. The summed E-state index contributed by atoms with van der Waals surface area (Å²) in [5.41, 5.74) is 1.11. The predicted octanol–water partition coefficient (Wildman–Crippen LogP) is 5.06. The average molecular weight is 281 g/mol. The Hall–Kier alpha value is -0.990. The standard InChI is InChI=1S/C15H17ClOS/c1-11(2)17-13-6-3-5-12(9-13)15(16)10-14-7-4-8-18-14/h3-9,11,15H,10H2,1-2H3. The Labute approximate surface area is 117 Å². The van der Waals surface area contributed by atoms with Crippen molar-refractivity contribution in [3.63, 3.8) is 0 Å². The third-order valence-electron chi connectivity index (χ3n) is 2.55. The smallest absolute Gasteiger partial charge is 0.120 e. The van der Waals surface area contributed by atoms with Gasteiger partial charge in [-0.2, -0.15) is 0 Å². The largest absolute Gasteiger partial charge is 0.491 e. The summed E-state index contributed by atoms with van der Waals surface area (Å²) in [4.78, 5) is 1.31. The molecule has 0 saturated heterocycles. The molecule has 0 radical (unpaired) electrons. The second kappa shape index (κ2) is 6.26. The number of hydrogen-bond donors (Lipinski definition) is 0. The molecule has 0 fully saturated rings. The Morgan fingerprint density at radius 1 is 1.22 bits per heavy atom. The van der Waals surface area contributed by atoms with Gasteiger partial charge in [-0.05, 0) is 43.0 Å². The molecule has 0 aliphatic carbocycles. The van der Waals surface area contributed by atoms with E-state index in [0.29, 0.717) is 0 Å². The van der Waals surface area contributed by atoms with Gasteiger partial charge in [-0.3, -0.25) is 0 Å². The van der Waals surface area contributed by atoms with Crippen LogP contribution < -0.4 is 4.74 Å². The summed E-state index contributed by atoms with van der Waals surface area (Å²) in [5, 5.41) is 2.08. The molecule has 3 heteroatoms. The van der Waals surface area contributed by atoms with Crippen LogP contribution in [0.2, 0.25) is 0 Å². The molecule has 2 rings (SSSR count). The van der Waals surface area contributed by atoms with Gasteiger partial charge in [-0.15, -0.1) is 22.9 Å². The summed E-state index contributed by atoms with van der Waals surface area (Å²) in [6.07, 6.45) is 1.05. The van der Waals surface area contributed by atoms with Gasteiger partial charge in [0.2, 0.25) is 0 Å². The summed E-state index contributed by atoms with van der Waals surface area (Å²) in [5.74, 6) is 0.888. The first-order chi connectivity index (χ1) is 8.65. The number of hydrogen-bond acceptors (Lipinski definition) is 2. The molecule has 96 valence electrons. The summed E-state index contributed by atoms with van der Waals surface area (Å²) >= 11 is 8.20. The van der Waals surface area contributed by atoms with Crippen molar-refractivity contribution in [2.24, 2.45) is 0 Å². The maximum absolute atomic E-state index is 6.46. The molecule has 0 N–H and O–H groups in total. The molecule has 0 amide bonds. The van der Waals surface area contributed by atoms with Crippen LogP contribution in [0.5, 0.6) is 5.75 Å². The molecule has 1 atom stereocenters. The average Bonchev–Trinajstić information content (AvgIpc) is 2.81. The van der Waals surface area contributed by atoms with Crippen LogP contribution in [-0.2, 0) is 6.42 Å². The second-order valence-electron chi connectivity index (χ2n) is 4.49. The van der Waals surface area contributed by atoms with Crippen LogP contribution >= 0.6 is 22.9 Å². The van der Waals surface area contributed by atoms with Gasteiger partial charge in [0.05, 0.1) is 11.5 Å². The molecule has 0 bridgehead atoms. The Morgan fingerprint density at radius 3 is 2.72 bits per heavy atom.